The van der Waals surface area contributed by atoms with Gasteiger partial charge in [-0.05, 0) is 57.9 Å². The van der Waals surface area contributed by atoms with Crippen molar-refractivity contribution >= 4 is 5.91 Å². The molecular weight excluding hydrogens is 300 g/mol. The van der Waals surface area contributed by atoms with E-state index in [1.807, 2.05) is 20.0 Å². The third kappa shape index (κ3) is 4.20. The van der Waals surface area contributed by atoms with Gasteiger partial charge in [0.05, 0.1) is 11.7 Å². The first-order valence-corrected chi connectivity index (χ1v) is 9.14. The van der Waals surface area contributed by atoms with Crippen LogP contribution in [0.2, 0.25) is 0 Å². The molecule has 5 heteroatoms. The normalized spacial score (nSPS) is 19.3. The van der Waals surface area contributed by atoms with Crippen LogP contribution in [-0.2, 0) is 17.8 Å². The second kappa shape index (κ2) is 7.88. The van der Waals surface area contributed by atoms with Crippen LogP contribution < -0.4 is 5.32 Å². The van der Waals surface area contributed by atoms with Crippen molar-refractivity contribution in [2.45, 2.75) is 65.0 Å². The number of aromatic nitrogens is 2. The quantitative estimate of drug-likeness (QED) is 0.844. The minimum atomic E-state index is -0.117. The Morgan fingerprint density at radius 1 is 1.38 bits per heavy atom. The predicted octanol–water partition coefficient (Wildman–Crippen LogP) is 2.54. The molecule has 1 amide bonds. The van der Waals surface area contributed by atoms with E-state index < -0.39 is 0 Å². The van der Waals surface area contributed by atoms with Crippen LogP contribution in [0.5, 0.6) is 0 Å². The highest BCUT2D eigenvalue weighted by molar-refractivity contribution is 5.81. The molecular formula is C19H28N4O. The van der Waals surface area contributed by atoms with Gasteiger partial charge in [0.1, 0.15) is 5.82 Å². The number of fused-ring (bicyclic) bond motifs is 1. The molecule has 0 unspecified atom stereocenters. The van der Waals surface area contributed by atoms with E-state index in [1.165, 1.54) is 36.8 Å². The summed E-state index contributed by atoms with van der Waals surface area (Å²) in [5.41, 5.74) is 3.79. The van der Waals surface area contributed by atoms with E-state index in [-0.39, 0.29) is 11.9 Å². The molecule has 0 saturated carbocycles. The first kappa shape index (κ1) is 17.1. The van der Waals surface area contributed by atoms with Crippen LogP contribution in [-0.4, -0.2) is 39.9 Å². The molecule has 1 aliphatic carbocycles. The summed E-state index contributed by atoms with van der Waals surface area (Å²) in [4.78, 5) is 23.5. The van der Waals surface area contributed by atoms with Gasteiger partial charge >= 0.3 is 0 Å². The molecule has 1 aliphatic heterocycles. The molecule has 1 atom stereocenters. The van der Waals surface area contributed by atoms with Crippen LogP contribution in [0, 0.1) is 6.92 Å². The Balaban J connectivity index is 1.49. The fraction of sp³-hybridized carbons (Fsp3) is 0.632. The van der Waals surface area contributed by atoms with E-state index in [9.17, 15) is 4.79 Å². The van der Waals surface area contributed by atoms with Crippen LogP contribution in [0.3, 0.4) is 0 Å². The lowest BCUT2D eigenvalue weighted by molar-refractivity contribution is -0.126. The Bertz CT molecular complexity index is 626. The number of carbonyl (C=O) groups excluding carboxylic acids is 1. The Hall–Kier alpha value is -1.75. The molecule has 130 valence electrons. The highest BCUT2D eigenvalue weighted by Gasteiger charge is 2.26. The number of nitrogens with one attached hydrogen (secondary N) is 1. The van der Waals surface area contributed by atoms with Gasteiger partial charge < -0.3 is 5.32 Å². The Morgan fingerprint density at radius 2 is 2.25 bits per heavy atom. The summed E-state index contributed by atoms with van der Waals surface area (Å²) >= 11 is 0. The van der Waals surface area contributed by atoms with Gasteiger partial charge in [-0.1, -0.05) is 11.6 Å². The maximum Gasteiger partial charge on any atom is 0.237 e. The number of amides is 1. The third-order valence-electron chi connectivity index (χ3n) is 5.15. The van der Waals surface area contributed by atoms with Gasteiger partial charge in [-0.25, -0.2) is 9.97 Å². The van der Waals surface area contributed by atoms with Crippen molar-refractivity contribution in [3.8, 4) is 0 Å². The molecule has 1 N–H and O–H groups in total. The number of rotatable bonds is 5. The molecule has 5 nitrogen and oxygen atoms in total. The number of hydrogen-bond donors (Lipinski definition) is 1. The van der Waals surface area contributed by atoms with Crippen LogP contribution in [0.25, 0.3) is 0 Å². The monoisotopic (exact) mass is 328 g/mol. The third-order valence-corrected chi connectivity index (χ3v) is 5.15. The van der Waals surface area contributed by atoms with E-state index >= 15 is 0 Å². The molecule has 24 heavy (non-hydrogen) atoms. The maximum atomic E-state index is 12.5. The second-order valence-electron chi connectivity index (χ2n) is 6.93. The summed E-state index contributed by atoms with van der Waals surface area (Å²) in [6, 6.07) is -0.117. The van der Waals surface area contributed by atoms with Crippen LogP contribution in [0.4, 0.5) is 0 Å². The summed E-state index contributed by atoms with van der Waals surface area (Å²) in [6.45, 7) is 6.28. The number of hydrogen-bond acceptors (Lipinski definition) is 4. The largest absolute Gasteiger partial charge is 0.354 e. The summed E-state index contributed by atoms with van der Waals surface area (Å²) < 4.78 is 0. The highest BCUT2D eigenvalue weighted by atomic mass is 16.2. The maximum absolute atomic E-state index is 12.5. The Morgan fingerprint density at radius 3 is 3.04 bits per heavy atom. The van der Waals surface area contributed by atoms with Crippen LogP contribution in [0.1, 0.15) is 56.1 Å². The van der Waals surface area contributed by atoms with Crippen molar-refractivity contribution in [2.24, 2.45) is 0 Å². The van der Waals surface area contributed by atoms with Gasteiger partial charge in [0.2, 0.25) is 5.91 Å². The fourth-order valence-corrected chi connectivity index (χ4v) is 3.55. The molecule has 1 aromatic heterocycles. The SMILES string of the molecule is Cc1ncc2c(n1)CN([C@H](C)C(=O)NCCC1=CCCCC1)CC2. The van der Waals surface area contributed by atoms with E-state index in [4.69, 9.17) is 0 Å². The molecule has 0 fully saturated rings. The van der Waals surface area contributed by atoms with Gasteiger partial charge in [0.15, 0.2) is 0 Å². The summed E-state index contributed by atoms with van der Waals surface area (Å²) in [5.74, 6) is 0.925. The van der Waals surface area contributed by atoms with Crippen molar-refractivity contribution in [2.75, 3.05) is 13.1 Å². The number of carbonyl (C=O) groups is 1. The van der Waals surface area contributed by atoms with E-state index in [0.29, 0.717) is 0 Å². The van der Waals surface area contributed by atoms with Crippen LogP contribution in [0.15, 0.2) is 17.8 Å². The first-order valence-electron chi connectivity index (χ1n) is 9.14. The van der Waals surface area contributed by atoms with Crippen molar-refractivity contribution in [1.29, 1.82) is 0 Å². The molecule has 2 aliphatic rings. The molecule has 0 saturated heterocycles. The zero-order valence-corrected chi connectivity index (χ0v) is 14.8. The zero-order chi connectivity index (χ0) is 16.9. The zero-order valence-electron chi connectivity index (χ0n) is 14.8. The Labute approximate surface area is 144 Å². The van der Waals surface area contributed by atoms with E-state index in [0.717, 1.165) is 44.0 Å². The van der Waals surface area contributed by atoms with Gasteiger partial charge in [0, 0.05) is 25.8 Å². The molecule has 1 aromatic rings. The lowest BCUT2D eigenvalue weighted by Crippen LogP contribution is -2.47. The van der Waals surface area contributed by atoms with E-state index in [1.54, 1.807) is 0 Å². The molecule has 0 bridgehead atoms. The topological polar surface area (TPSA) is 58.1 Å². The van der Waals surface area contributed by atoms with Gasteiger partial charge in [0.25, 0.3) is 0 Å². The minimum absolute atomic E-state index is 0.117. The van der Waals surface area contributed by atoms with Crippen molar-refractivity contribution in [1.82, 2.24) is 20.2 Å². The standard InChI is InChI=1S/C19H28N4O/c1-14(19(24)20-10-8-16-6-4-3-5-7-16)23-11-9-17-12-21-15(2)22-18(17)13-23/h6,12,14H,3-5,7-11,13H2,1-2H3,(H,20,24)/t14-/m1/s1. The second-order valence-corrected chi connectivity index (χ2v) is 6.93. The highest BCUT2D eigenvalue weighted by Crippen LogP contribution is 2.20. The van der Waals surface area contributed by atoms with Crippen molar-refractivity contribution < 1.29 is 4.79 Å². The summed E-state index contributed by atoms with van der Waals surface area (Å²) in [7, 11) is 0. The van der Waals surface area contributed by atoms with Gasteiger partial charge in [-0.15, -0.1) is 0 Å². The minimum Gasteiger partial charge on any atom is -0.354 e. The fourth-order valence-electron chi connectivity index (χ4n) is 3.55. The van der Waals surface area contributed by atoms with Crippen LogP contribution >= 0.6 is 0 Å². The van der Waals surface area contributed by atoms with E-state index in [2.05, 4.69) is 26.3 Å². The molecule has 0 aromatic carbocycles. The number of nitrogens with zero attached hydrogens (tertiary/aromatic N) is 3. The molecule has 3 rings (SSSR count). The van der Waals surface area contributed by atoms with Crippen molar-refractivity contribution in [3.05, 3.63) is 34.9 Å². The average molecular weight is 328 g/mol. The van der Waals surface area contributed by atoms with Gasteiger partial charge in [-0.2, -0.15) is 0 Å². The lowest BCUT2D eigenvalue weighted by atomic mass is 9.97. The molecule has 0 radical (unpaired) electrons. The summed E-state index contributed by atoms with van der Waals surface area (Å²) in [5, 5.41) is 3.11. The smallest absolute Gasteiger partial charge is 0.237 e. The first-order chi connectivity index (χ1) is 11.6. The Kier molecular flexibility index (Phi) is 5.61. The lowest BCUT2D eigenvalue weighted by Gasteiger charge is -2.32. The summed E-state index contributed by atoms with van der Waals surface area (Å²) in [6.07, 6.45) is 11.2. The average Bonchev–Trinajstić information content (AvgIpc) is 2.61. The predicted molar refractivity (Wildman–Crippen MR) is 94.5 cm³/mol. The molecule has 2 heterocycles. The number of allylic oxidation sites excluding steroid dienone is 1. The van der Waals surface area contributed by atoms with Gasteiger partial charge in [-0.3, -0.25) is 9.69 Å². The number of aryl methyl sites for hydroxylation is 1. The molecule has 0 spiro atoms. The van der Waals surface area contributed by atoms with Crippen molar-refractivity contribution in [3.63, 3.8) is 0 Å².